The van der Waals surface area contributed by atoms with E-state index in [1.54, 1.807) is 7.11 Å². The van der Waals surface area contributed by atoms with E-state index in [0.29, 0.717) is 5.41 Å². The number of methoxy groups -OCH3 is 1. The Bertz CT molecular complexity index is 399. The minimum absolute atomic E-state index is 0.397. The van der Waals surface area contributed by atoms with Gasteiger partial charge in [0.15, 0.2) is 0 Å². The monoisotopic (exact) mass is 262 g/mol. The molecule has 1 aliphatic rings. The molecule has 0 saturated carbocycles. The largest absolute Gasteiger partial charge is 0.495 e. The Labute approximate surface area is 116 Å². The molecule has 1 heterocycles. The number of benzene rings is 1. The van der Waals surface area contributed by atoms with Gasteiger partial charge in [-0.05, 0) is 37.9 Å². The molecular formula is C16H26N2O. The predicted octanol–water partition coefficient (Wildman–Crippen LogP) is 2.91. The lowest BCUT2D eigenvalue weighted by Gasteiger charge is -2.40. The number of nitrogens with zero attached hydrogens (tertiary/aromatic N) is 1. The number of nitrogens with one attached hydrogen (secondary N) is 1. The van der Waals surface area contributed by atoms with Crippen LogP contribution in [0.5, 0.6) is 5.75 Å². The van der Waals surface area contributed by atoms with Crippen LogP contribution in [0, 0.1) is 5.41 Å². The van der Waals surface area contributed by atoms with Crippen LogP contribution >= 0.6 is 0 Å². The Morgan fingerprint density at radius 3 is 2.79 bits per heavy atom. The Morgan fingerprint density at radius 2 is 2.16 bits per heavy atom. The highest BCUT2D eigenvalue weighted by molar-refractivity contribution is 5.58. The first-order valence-corrected chi connectivity index (χ1v) is 7.26. The maximum absolute atomic E-state index is 5.46. The van der Waals surface area contributed by atoms with E-state index in [-0.39, 0.29) is 0 Å². The van der Waals surface area contributed by atoms with Crippen molar-refractivity contribution in [3.8, 4) is 5.75 Å². The second-order valence-corrected chi connectivity index (χ2v) is 5.66. The van der Waals surface area contributed by atoms with Gasteiger partial charge < -0.3 is 15.0 Å². The Balaban J connectivity index is 2.12. The first-order chi connectivity index (χ1) is 9.21. The second kappa shape index (κ2) is 6.29. The lowest BCUT2D eigenvalue weighted by atomic mass is 9.78. The van der Waals surface area contributed by atoms with Crippen molar-refractivity contribution >= 4 is 5.69 Å². The zero-order chi connectivity index (χ0) is 13.7. The van der Waals surface area contributed by atoms with Gasteiger partial charge in [-0.25, -0.2) is 0 Å². The van der Waals surface area contributed by atoms with Crippen molar-refractivity contribution in [3.63, 3.8) is 0 Å². The number of hydrogen-bond acceptors (Lipinski definition) is 3. The fourth-order valence-electron chi connectivity index (χ4n) is 3.11. The molecule has 0 amide bonds. The Morgan fingerprint density at radius 1 is 1.37 bits per heavy atom. The molecule has 1 aliphatic heterocycles. The van der Waals surface area contributed by atoms with Crippen LogP contribution in [0.4, 0.5) is 5.69 Å². The molecule has 1 saturated heterocycles. The molecule has 0 bridgehead atoms. The van der Waals surface area contributed by atoms with Crippen LogP contribution in [-0.2, 0) is 0 Å². The fourth-order valence-corrected chi connectivity index (χ4v) is 3.11. The Kier molecular flexibility index (Phi) is 4.70. The molecule has 1 atom stereocenters. The van der Waals surface area contributed by atoms with Gasteiger partial charge in [-0.2, -0.15) is 0 Å². The predicted molar refractivity (Wildman–Crippen MR) is 81.1 cm³/mol. The van der Waals surface area contributed by atoms with E-state index in [1.165, 1.54) is 31.5 Å². The van der Waals surface area contributed by atoms with Gasteiger partial charge in [-0.1, -0.05) is 19.1 Å². The van der Waals surface area contributed by atoms with Crippen LogP contribution in [-0.4, -0.2) is 33.8 Å². The van der Waals surface area contributed by atoms with Crippen LogP contribution in [0.25, 0.3) is 0 Å². The van der Waals surface area contributed by atoms with Gasteiger partial charge in [0, 0.05) is 25.6 Å². The second-order valence-electron chi connectivity index (χ2n) is 5.66. The van der Waals surface area contributed by atoms with Gasteiger partial charge in [0.1, 0.15) is 5.75 Å². The van der Waals surface area contributed by atoms with Gasteiger partial charge in [0.2, 0.25) is 0 Å². The maximum Gasteiger partial charge on any atom is 0.142 e. The molecule has 2 rings (SSSR count). The average Bonchev–Trinajstić information content (AvgIpc) is 2.48. The van der Waals surface area contributed by atoms with E-state index >= 15 is 0 Å². The Hall–Kier alpha value is -1.22. The molecule has 0 aliphatic carbocycles. The van der Waals surface area contributed by atoms with Crippen LogP contribution in [0.1, 0.15) is 26.2 Å². The number of ether oxygens (including phenoxy) is 1. The molecule has 106 valence electrons. The summed E-state index contributed by atoms with van der Waals surface area (Å²) in [5.74, 6) is 0.958. The third kappa shape index (κ3) is 3.21. The molecule has 1 aromatic rings. The molecule has 1 aromatic carbocycles. The topological polar surface area (TPSA) is 24.5 Å². The van der Waals surface area contributed by atoms with Crippen LogP contribution in [0.15, 0.2) is 24.3 Å². The first-order valence-electron chi connectivity index (χ1n) is 7.26. The molecule has 1 fully saturated rings. The van der Waals surface area contributed by atoms with Crippen molar-refractivity contribution < 1.29 is 4.74 Å². The quantitative estimate of drug-likeness (QED) is 0.883. The van der Waals surface area contributed by atoms with Crippen molar-refractivity contribution in [2.45, 2.75) is 26.2 Å². The minimum Gasteiger partial charge on any atom is -0.495 e. The van der Waals surface area contributed by atoms with Gasteiger partial charge in [-0.15, -0.1) is 0 Å². The molecular weight excluding hydrogens is 236 g/mol. The minimum atomic E-state index is 0.397. The van der Waals surface area contributed by atoms with Crippen molar-refractivity contribution in [1.29, 1.82) is 0 Å². The smallest absolute Gasteiger partial charge is 0.142 e. The molecule has 1 unspecified atom stereocenters. The van der Waals surface area contributed by atoms with Gasteiger partial charge in [0.05, 0.1) is 12.8 Å². The van der Waals surface area contributed by atoms with Crippen LogP contribution in [0.2, 0.25) is 0 Å². The summed E-state index contributed by atoms with van der Waals surface area (Å²) in [6, 6.07) is 8.27. The number of para-hydroxylation sites is 2. The summed E-state index contributed by atoms with van der Waals surface area (Å²) < 4.78 is 5.46. The van der Waals surface area contributed by atoms with Crippen molar-refractivity contribution in [2.24, 2.45) is 5.41 Å². The van der Waals surface area contributed by atoms with Crippen molar-refractivity contribution in [1.82, 2.24) is 5.32 Å². The third-order valence-corrected chi connectivity index (χ3v) is 4.38. The SMILES string of the molecule is CCC1(CN(C)c2ccccc2OC)CCCNC1. The number of anilines is 1. The van der Waals surface area contributed by atoms with Gasteiger partial charge in [-0.3, -0.25) is 0 Å². The highest BCUT2D eigenvalue weighted by atomic mass is 16.5. The van der Waals surface area contributed by atoms with Crippen LogP contribution in [0.3, 0.4) is 0 Å². The summed E-state index contributed by atoms with van der Waals surface area (Å²) in [4.78, 5) is 2.34. The van der Waals surface area contributed by atoms with E-state index < -0.39 is 0 Å². The van der Waals surface area contributed by atoms with Crippen molar-refractivity contribution in [3.05, 3.63) is 24.3 Å². The summed E-state index contributed by atoms with van der Waals surface area (Å²) in [6.07, 6.45) is 3.82. The lowest BCUT2D eigenvalue weighted by molar-refractivity contribution is 0.207. The zero-order valence-electron chi connectivity index (χ0n) is 12.4. The summed E-state index contributed by atoms with van der Waals surface area (Å²) in [5.41, 5.74) is 1.58. The molecule has 0 spiro atoms. The number of rotatable bonds is 5. The number of piperidine rings is 1. The number of hydrogen-bond donors (Lipinski definition) is 1. The van der Waals surface area contributed by atoms with Gasteiger partial charge in [0.25, 0.3) is 0 Å². The van der Waals surface area contributed by atoms with E-state index in [1.807, 2.05) is 12.1 Å². The van der Waals surface area contributed by atoms with E-state index in [0.717, 1.165) is 18.8 Å². The lowest BCUT2D eigenvalue weighted by Crippen LogP contribution is -2.46. The molecule has 1 N–H and O–H groups in total. The molecule has 3 nitrogen and oxygen atoms in total. The van der Waals surface area contributed by atoms with E-state index in [9.17, 15) is 0 Å². The normalized spacial score (nSPS) is 23.1. The first kappa shape index (κ1) is 14.2. The summed E-state index contributed by atoms with van der Waals surface area (Å²) in [5, 5.41) is 3.55. The fraction of sp³-hybridized carbons (Fsp3) is 0.625. The van der Waals surface area contributed by atoms with Crippen LogP contribution < -0.4 is 15.0 Å². The zero-order valence-corrected chi connectivity index (χ0v) is 12.4. The van der Waals surface area contributed by atoms with E-state index in [2.05, 4.69) is 36.3 Å². The highest BCUT2D eigenvalue weighted by Crippen LogP contribution is 2.34. The molecule has 3 heteroatoms. The average molecular weight is 262 g/mol. The van der Waals surface area contributed by atoms with Gasteiger partial charge >= 0.3 is 0 Å². The standard InChI is InChI=1S/C16H26N2O/c1-4-16(10-7-11-17-12-16)13-18(2)14-8-5-6-9-15(14)19-3/h5-6,8-9,17H,4,7,10-13H2,1-3H3. The molecule has 19 heavy (non-hydrogen) atoms. The maximum atomic E-state index is 5.46. The van der Waals surface area contributed by atoms with E-state index in [4.69, 9.17) is 4.74 Å². The summed E-state index contributed by atoms with van der Waals surface area (Å²) in [6.45, 7) is 5.68. The summed E-state index contributed by atoms with van der Waals surface area (Å²) >= 11 is 0. The third-order valence-electron chi connectivity index (χ3n) is 4.38. The van der Waals surface area contributed by atoms with Crippen molar-refractivity contribution in [2.75, 3.05) is 38.7 Å². The molecule has 0 radical (unpaired) electrons. The molecule has 0 aromatic heterocycles. The summed E-state index contributed by atoms with van der Waals surface area (Å²) in [7, 11) is 3.91. The highest BCUT2D eigenvalue weighted by Gasteiger charge is 2.31.